The van der Waals surface area contributed by atoms with Gasteiger partial charge in [0, 0.05) is 13.1 Å². The van der Waals surface area contributed by atoms with E-state index in [1.54, 1.807) is 44.2 Å². The molecule has 13 nitrogen and oxygen atoms in total. The minimum absolute atomic E-state index is 0. The number of ether oxygens (including phenoxy) is 4. The number of carbonyl (C=O) groups excluding carboxylic acids is 1. The molecule has 2 aromatic rings. The molecule has 0 saturated carbocycles. The molecule has 2 heterocycles. The Morgan fingerprint density at radius 2 is 1.73 bits per heavy atom. The van der Waals surface area contributed by atoms with E-state index < -0.39 is 55.0 Å². The number of rotatable bonds is 14. The van der Waals surface area contributed by atoms with Crippen molar-refractivity contribution >= 4 is 23.9 Å². The average molecular weight is 687 g/mol. The van der Waals surface area contributed by atoms with Crippen LogP contribution in [-0.2, 0) is 39.7 Å². The molecule has 0 spiro atoms. The summed E-state index contributed by atoms with van der Waals surface area (Å²) in [6.07, 6.45) is -2.89. The molecule has 2 saturated heterocycles. The number of alkyl carbamates (subject to hydrolysis) is 1. The zero-order valence-corrected chi connectivity index (χ0v) is 31.9. The molecule has 238 valence electrons. The SMILES string of the molecule is COc1ccc(S(=O)(=O)N(CC(C)C)C[C@@H](OP(=O)([O-])[O-])[C@H](Cc2ccccc2)NC(=O)O[C@H]2CO[C@H]3OCC[C@H]32)cc1.[Na+].[Na+]. The van der Waals surface area contributed by atoms with Gasteiger partial charge in [0.05, 0.1) is 51.1 Å². The van der Waals surface area contributed by atoms with Gasteiger partial charge in [-0.1, -0.05) is 44.2 Å². The van der Waals surface area contributed by atoms with E-state index in [1.807, 2.05) is 0 Å². The molecule has 2 aliphatic rings. The average Bonchev–Trinajstić information content (AvgIpc) is 3.57. The van der Waals surface area contributed by atoms with Gasteiger partial charge in [-0.3, -0.25) is 0 Å². The molecule has 0 aromatic heterocycles. The van der Waals surface area contributed by atoms with Crippen molar-refractivity contribution in [2.45, 2.75) is 56.1 Å². The summed E-state index contributed by atoms with van der Waals surface area (Å²) < 4.78 is 67.3. The van der Waals surface area contributed by atoms with Gasteiger partial charge >= 0.3 is 65.2 Å². The van der Waals surface area contributed by atoms with Crippen LogP contribution in [0.25, 0.3) is 0 Å². The van der Waals surface area contributed by atoms with Crippen molar-refractivity contribution in [1.29, 1.82) is 0 Å². The van der Waals surface area contributed by atoms with Gasteiger partial charge in [0.25, 0.3) is 0 Å². The number of phosphoric acid groups is 1. The normalized spacial score (nSPS) is 20.9. The first-order valence-electron chi connectivity index (χ1n) is 13.9. The second-order valence-corrected chi connectivity index (χ2v) is 13.9. The molecule has 0 aliphatic carbocycles. The number of hydrogen-bond donors (Lipinski definition) is 1. The summed E-state index contributed by atoms with van der Waals surface area (Å²) in [6, 6.07) is 13.3. The van der Waals surface area contributed by atoms with E-state index in [9.17, 15) is 27.6 Å². The third-order valence-electron chi connectivity index (χ3n) is 7.21. The molecule has 5 atom stereocenters. The van der Waals surface area contributed by atoms with Gasteiger partial charge in [0.1, 0.15) is 11.9 Å². The molecule has 0 bridgehead atoms. The zero-order chi connectivity index (χ0) is 31.2. The van der Waals surface area contributed by atoms with Crippen molar-refractivity contribution in [2.75, 3.05) is 33.4 Å². The summed E-state index contributed by atoms with van der Waals surface area (Å²) in [5.74, 6) is 0.113. The number of fused-ring (bicyclic) bond motifs is 1. The molecule has 1 N–H and O–H groups in total. The van der Waals surface area contributed by atoms with Crippen LogP contribution in [0.5, 0.6) is 5.75 Å². The zero-order valence-electron chi connectivity index (χ0n) is 26.2. The molecule has 2 fully saturated rings. The van der Waals surface area contributed by atoms with Gasteiger partial charge in [0.2, 0.25) is 10.0 Å². The van der Waals surface area contributed by atoms with Crippen LogP contribution in [0.2, 0.25) is 0 Å². The van der Waals surface area contributed by atoms with Gasteiger partial charge in [-0.2, -0.15) is 4.31 Å². The monoisotopic (exact) mass is 686 g/mol. The largest absolute Gasteiger partial charge is 1.00 e. The van der Waals surface area contributed by atoms with Gasteiger partial charge in [-0.15, -0.1) is 0 Å². The molecule has 0 unspecified atom stereocenters. The van der Waals surface area contributed by atoms with Crippen molar-refractivity contribution in [1.82, 2.24) is 9.62 Å². The standard InChI is InChI=1S/C28H39N2O11PS.2Na/c1-19(2)16-30(43(35,36)22-11-9-21(37-3)10-12-22)17-25(41-42(32,33)34)24(15-20-7-5-4-6-8-20)29-28(31)40-26-18-39-27-23(26)13-14-38-27;;/h4-12,19,23-27H,13-18H2,1-3H3,(H,29,31)(H2,32,33,34);;/q;2*+1/p-2/t23-,24-,25+,26-,27+;;/m0../s1. The third-order valence-corrected chi connectivity index (χ3v) is 9.58. The van der Waals surface area contributed by atoms with Crippen molar-refractivity contribution in [3.8, 4) is 5.75 Å². The summed E-state index contributed by atoms with van der Waals surface area (Å²) in [6.45, 7) is 3.61. The molecule has 0 radical (unpaired) electrons. The van der Waals surface area contributed by atoms with Crippen LogP contribution in [0.15, 0.2) is 59.5 Å². The number of methoxy groups -OCH3 is 1. The van der Waals surface area contributed by atoms with Crippen LogP contribution in [0.4, 0.5) is 4.79 Å². The summed E-state index contributed by atoms with van der Waals surface area (Å²) >= 11 is 0. The molecular weight excluding hydrogens is 649 g/mol. The number of nitrogens with zero attached hydrogens (tertiary/aromatic N) is 1. The van der Waals surface area contributed by atoms with E-state index in [1.165, 1.54) is 31.4 Å². The Morgan fingerprint density at radius 3 is 2.33 bits per heavy atom. The summed E-state index contributed by atoms with van der Waals surface area (Å²) in [4.78, 5) is 37.0. The molecule has 2 aromatic carbocycles. The van der Waals surface area contributed by atoms with Crippen LogP contribution in [0.3, 0.4) is 0 Å². The number of carbonyl (C=O) groups is 1. The number of benzene rings is 2. The van der Waals surface area contributed by atoms with Gasteiger partial charge < -0.3 is 43.1 Å². The molecule has 4 rings (SSSR count). The maximum absolute atomic E-state index is 13.8. The maximum Gasteiger partial charge on any atom is 1.00 e. The molecule has 1 amide bonds. The molecule has 45 heavy (non-hydrogen) atoms. The first-order valence-corrected chi connectivity index (χ1v) is 16.8. The van der Waals surface area contributed by atoms with Crippen LogP contribution < -0.4 is 79.0 Å². The Bertz CT molecular complexity index is 1370. The Morgan fingerprint density at radius 1 is 1.07 bits per heavy atom. The summed E-state index contributed by atoms with van der Waals surface area (Å²) in [5, 5.41) is 2.64. The van der Waals surface area contributed by atoms with Crippen molar-refractivity contribution in [2.24, 2.45) is 11.8 Å². The van der Waals surface area contributed by atoms with Crippen molar-refractivity contribution < 1.29 is 110 Å². The van der Waals surface area contributed by atoms with Gasteiger partial charge in [-0.25, -0.2) is 13.2 Å². The Balaban J connectivity index is 0.00000353. The van der Waals surface area contributed by atoms with E-state index >= 15 is 0 Å². The van der Waals surface area contributed by atoms with Crippen LogP contribution in [-0.4, -0.2) is 76.8 Å². The first-order chi connectivity index (χ1) is 20.4. The fourth-order valence-corrected chi connectivity index (χ4v) is 7.35. The second kappa shape index (κ2) is 18.3. The summed E-state index contributed by atoms with van der Waals surface area (Å²) in [5.41, 5.74) is 0.676. The van der Waals surface area contributed by atoms with Crippen molar-refractivity contribution in [3.63, 3.8) is 0 Å². The first kappa shape index (κ1) is 40.6. The smallest absolute Gasteiger partial charge is 0.790 e. The Labute approximate surface area is 308 Å². The Kier molecular flexibility index (Phi) is 16.5. The van der Waals surface area contributed by atoms with Crippen molar-refractivity contribution in [3.05, 3.63) is 60.2 Å². The summed E-state index contributed by atoms with van der Waals surface area (Å²) in [7, 11) is -8.42. The second-order valence-electron chi connectivity index (χ2n) is 10.9. The van der Waals surface area contributed by atoms with E-state index in [2.05, 4.69) is 5.32 Å². The quantitative estimate of drug-likeness (QED) is 0.150. The van der Waals surface area contributed by atoms with E-state index in [0.717, 1.165) is 4.31 Å². The maximum atomic E-state index is 13.8. The molecular formula is C28H37N2Na2O11PS. The number of amides is 1. The fraction of sp³-hybridized carbons (Fsp3) is 0.536. The predicted molar refractivity (Wildman–Crippen MR) is 150 cm³/mol. The number of hydrogen-bond acceptors (Lipinski definition) is 11. The number of phosphoric ester groups is 1. The van der Waals surface area contributed by atoms with E-state index in [0.29, 0.717) is 24.3 Å². The van der Waals surface area contributed by atoms with Crippen LogP contribution >= 0.6 is 7.82 Å². The molecule has 2 aliphatic heterocycles. The minimum atomic E-state index is -5.66. The predicted octanol–water partition coefficient (Wildman–Crippen LogP) is -4.34. The van der Waals surface area contributed by atoms with Gasteiger partial charge in [0.15, 0.2) is 6.29 Å². The van der Waals surface area contributed by atoms with E-state index in [4.69, 9.17) is 23.5 Å². The number of nitrogens with one attached hydrogen (secondary N) is 1. The number of sulfonamides is 1. The fourth-order valence-electron chi connectivity index (χ4n) is 5.19. The minimum Gasteiger partial charge on any atom is -0.790 e. The molecule has 17 heteroatoms. The topological polar surface area (TPSA) is 176 Å². The van der Waals surface area contributed by atoms with Gasteiger partial charge in [-0.05, 0) is 48.6 Å². The van der Waals surface area contributed by atoms with Crippen LogP contribution in [0.1, 0.15) is 25.8 Å². The van der Waals surface area contributed by atoms with Crippen LogP contribution in [0, 0.1) is 11.8 Å². The van der Waals surface area contributed by atoms with E-state index in [-0.39, 0.29) is 95.4 Å². The third kappa shape index (κ3) is 11.8. The Hall–Kier alpha value is -0.550.